The molecule has 0 bridgehead atoms. The first kappa shape index (κ1) is 11.6. The zero-order valence-electron chi connectivity index (χ0n) is 8.63. The quantitative estimate of drug-likeness (QED) is 0.539. The SMILES string of the molecule is CCc1ccc(Cl)cc1C#CC(=O)OC. The molecule has 0 saturated heterocycles. The topological polar surface area (TPSA) is 26.3 Å². The van der Waals surface area contributed by atoms with Gasteiger partial charge in [0.2, 0.25) is 0 Å². The number of rotatable bonds is 1. The van der Waals surface area contributed by atoms with Crippen molar-refractivity contribution >= 4 is 17.6 Å². The molecule has 0 unspecified atom stereocenters. The Morgan fingerprint density at radius 2 is 2.27 bits per heavy atom. The van der Waals surface area contributed by atoms with Crippen LogP contribution in [0.15, 0.2) is 18.2 Å². The minimum atomic E-state index is -0.544. The Bertz CT molecular complexity index is 427. The number of halogens is 1. The van der Waals surface area contributed by atoms with Crippen molar-refractivity contribution in [1.29, 1.82) is 0 Å². The number of esters is 1. The minimum absolute atomic E-state index is 0.544. The monoisotopic (exact) mass is 222 g/mol. The third kappa shape index (κ3) is 3.30. The molecule has 2 nitrogen and oxygen atoms in total. The predicted molar refractivity (Wildman–Crippen MR) is 59.7 cm³/mol. The highest BCUT2D eigenvalue weighted by atomic mass is 35.5. The van der Waals surface area contributed by atoms with Crippen molar-refractivity contribution in [3.63, 3.8) is 0 Å². The Hall–Kier alpha value is -1.46. The molecule has 1 rings (SSSR count). The van der Waals surface area contributed by atoms with Gasteiger partial charge in [0.25, 0.3) is 0 Å². The van der Waals surface area contributed by atoms with Gasteiger partial charge >= 0.3 is 5.97 Å². The lowest BCUT2D eigenvalue weighted by Gasteiger charge is -2.00. The standard InChI is InChI=1S/C12H11ClO2/c1-3-9-4-6-11(13)8-10(9)5-7-12(14)15-2/h4,6,8H,3H2,1-2H3. The molecule has 0 aliphatic carbocycles. The molecule has 0 N–H and O–H groups in total. The van der Waals surface area contributed by atoms with E-state index in [-0.39, 0.29) is 0 Å². The van der Waals surface area contributed by atoms with Gasteiger partial charge in [-0.1, -0.05) is 30.5 Å². The van der Waals surface area contributed by atoms with Crippen LogP contribution in [-0.4, -0.2) is 13.1 Å². The number of benzene rings is 1. The highest BCUT2D eigenvalue weighted by Gasteiger charge is 1.99. The zero-order valence-corrected chi connectivity index (χ0v) is 9.39. The fourth-order valence-corrected chi connectivity index (χ4v) is 1.31. The number of hydrogen-bond acceptors (Lipinski definition) is 2. The molecule has 3 heteroatoms. The molecule has 0 heterocycles. The van der Waals surface area contributed by atoms with Crippen molar-refractivity contribution in [3.05, 3.63) is 34.3 Å². The third-order valence-electron chi connectivity index (χ3n) is 1.94. The maximum atomic E-state index is 10.8. The average Bonchev–Trinajstić information content (AvgIpc) is 2.26. The first-order valence-corrected chi connectivity index (χ1v) is 4.93. The van der Waals surface area contributed by atoms with Gasteiger partial charge in [-0.2, -0.15) is 0 Å². The van der Waals surface area contributed by atoms with Crippen LogP contribution < -0.4 is 0 Å². The predicted octanol–water partition coefficient (Wildman–Crippen LogP) is 2.43. The van der Waals surface area contributed by atoms with Crippen molar-refractivity contribution < 1.29 is 9.53 Å². The summed E-state index contributed by atoms with van der Waals surface area (Å²) in [6, 6.07) is 5.46. The van der Waals surface area contributed by atoms with Crippen molar-refractivity contribution in [2.45, 2.75) is 13.3 Å². The van der Waals surface area contributed by atoms with Gasteiger partial charge in [0.05, 0.1) is 7.11 Å². The molecule has 0 radical (unpaired) electrons. The summed E-state index contributed by atoms with van der Waals surface area (Å²) in [6.45, 7) is 2.02. The molecule has 0 atom stereocenters. The van der Waals surface area contributed by atoms with Gasteiger partial charge in [-0.05, 0) is 24.1 Å². The lowest BCUT2D eigenvalue weighted by Crippen LogP contribution is -1.95. The Labute approximate surface area is 94.2 Å². The van der Waals surface area contributed by atoms with Gasteiger partial charge in [-0.15, -0.1) is 0 Å². The second kappa shape index (κ2) is 5.43. The van der Waals surface area contributed by atoms with E-state index in [9.17, 15) is 4.79 Å². The Kier molecular flexibility index (Phi) is 4.20. The fourth-order valence-electron chi connectivity index (χ4n) is 1.14. The minimum Gasteiger partial charge on any atom is -0.459 e. The van der Waals surface area contributed by atoms with Gasteiger partial charge in [0.15, 0.2) is 0 Å². The maximum Gasteiger partial charge on any atom is 0.384 e. The van der Waals surface area contributed by atoms with Gasteiger partial charge in [-0.3, -0.25) is 0 Å². The van der Waals surface area contributed by atoms with E-state index in [1.165, 1.54) is 7.11 Å². The third-order valence-corrected chi connectivity index (χ3v) is 2.17. The second-order valence-corrected chi connectivity index (χ2v) is 3.33. The number of carbonyl (C=O) groups is 1. The van der Waals surface area contributed by atoms with Crippen LogP contribution in [0.3, 0.4) is 0 Å². The molecule has 0 aliphatic rings. The van der Waals surface area contributed by atoms with E-state index < -0.39 is 5.97 Å². The summed E-state index contributed by atoms with van der Waals surface area (Å²) in [6.07, 6.45) is 0.850. The molecule has 0 saturated carbocycles. The van der Waals surface area contributed by atoms with Crippen LogP contribution in [0.4, 0.5) is 0 Å². The van der Waals surface area contributed by atoms with Gasteiger partial charge in [0, 0.05) is 16.5 Å². The van der Waals surface area contributed by atoms with Gasteiger partial charge in [-0.25, -0.2) is 4.79 Å². The number of hydrogen-bond donors (Lipinski definition) is 0. The second-order valence-electron chi connectivity index (χ2n) is 2.90. The highest BCUT2D eigenvalue weighted by molar-refractivity contribution is 6.30. The smallest absolute Gasteiger partial charge is 0.384 e. The molecule has 1 aromatic carbocycles. The van der Waals surface area contributed by atoms with Gasteiger partial charge in [0.1, 0.15) is 0 Å². The number of aryl methyl sites for hydroxylation is 1. The van der Waals surface area contributed by atoms with Crippen LogP contribution in [0, 0.1) is 11.8 Å². The van der Waals surface area contributed by atoms with E-state index in [2.05, 4.69) is 16.6 Å². The highest BCUT2D eigenvalue weighted by Crippen LogP contribution is 2.15. The Balaban J connectivity index is 3.05. The first-order chi connectivity index (χ1) is 7.17. The normalized spacial score (nSPS) is 9.00. The van der Waals surface area contributed by atoms with Crippen molar-refractivity contribution in [1.82, 2.24) is 0 Å². The summed E-state index contributed by atoms with van der Waals surface area (Å²) in [7, 11) is 1.30. The number of methoxy groups -OCH3 is 1. The maximum absolute atomic E-state index is 10.8. The summed E-state index contributed by atoms with van der Waals surface area (Å²) in [5.74, 6) is 4.58. The summed E-state index contributed by atoms with van der Waals surface area (Å²) in [4.78, 5) is 10.8. The molecule has 0 aliphatic heterocycles. The lowest BCUT2D eigenvalue weighted by atomic mass is 10.1. The number of carbonyl (C=O) groups excluding carboxylic acids is 1. The van der Waals surface area contributed by atoms with Crippen LogP contribution in [0.2, 0.25) is 5.02 Å². The average molecular weight is 223 g/mol. The van der Waals surface area contributed by atoms with Gasteiger partial charge < -0.3 is 4.74 Å². The van der Waals surface area contributed by atoms with Crippen molar-refractivity contribution in [2.75, 3.05) is 7.11 Å². The molecule has 0 spiro atoms. The van der Waals surface area contributed by atoms with Crippen molar-refractivity contribution in [3.8, 4) is 11.8 Å². The summed E-state index contributed by atoms with van der Waals surface area (Å²) in [5, 5.41) is 0.612. The van der Waals surface area contributed by atoms with Crippen LogP contribution in [0.25, 0.3) is 0 Å². The van der Waals surface area contributed by atoms with Crippen molar-refractivity contribution in [2.24, 2.45) is 0 Å². The molecular formula is C12H11ClO2. The van der Waals surface area contributed by atoms with Crippen LogP contribution >= 0.6 is 11.6 Å². The van der Waals surface area contributed by atoms with E-state index in [1.54, 1.807) is 6.07 Å². The molecule has 0 aromatic heterocycles. The fraction of sp³-hybridized carbons (Fsp3) is 0.250. The van der Waals surface area contributed by atoms with Crippen LogP contribution in [-0.2, 0) is 16.0 Å². The van der Waals surface area contributed by atoms with E-state index in [0.29, 0.717) is 5.02 Å². The molecule has 1 aromatic rings. The first-order valence-electron chi connectivity index (χ1n) is 4.55. The Morgan fingerprint density at radius 3 is 2.87 bits per heavy atom. The van der Waals surface area contributed by atoms with Crippen LogP contribution in [0.5, 0.6) is 0 Å². The molecule has 15 heavy (non-hydrogen) atoms. The lowest BCUT2D eigenvalue weighted by molar-refractivity contribution is -0.133. The molecular weight excluding hydrogens is 212 g/mol. The van der Waals surface area contributed by atoms with E-state index in [0.717, 1.165) is 17.5 Å². The van der Waals surface area contributed by atoms with Crippen LogP contribution in [0.1, 0.15) is 18.1 Å². The number of ether oxygens (including phenoxy) is 1. The zero-order chi connectivity index (χ0) is 11.3. The van der Waals surface area contributed by atoms with E-state index in [4.69, 9.17) is 11.6 Å². The molecule has 0 amide bonds. The Morgan fingerprint density at radius 1 is 1.53 bits per heavy atom. The largest absolute Gasteiger partial charge is 0.459 e. The van der Waals surface area contributed by atoms with E-state index in [1.807, 2.05) is 19.1 Å². The summed E-state index contributed by atoms with van der Waals surface area (Å²) >= 11 is 5.84. The summed E-state index contributed by atoms with van der Waals surface area (Å²) < 4.78 is 4.43. The van der Waals surface area contributed by atoms with E-state index >= 15 is 0 Å². The molecule has 0 fully saturated rings. The summed E-state index contributed by atoms with van der Waals surface area (Å²) in [5.41, 5.74) is 1.84. The molecule has 78 valence electrons.